The van der Waals surface area contributed by atoms with Crippen LogP contribution in [-0.2, 0) is 0 Å². The Balaban J connectivity index is 1.93. The van der Waals surface area contributed by atoms with E-state index in [-0.39, 0.29) is 5.91 Å². The zero-order valence-electron chi connectivity index (χ0n) is 13.8. The molecule has 0 atom stereocenters. The number of carbonyl (C=O) groups is 1. The fourth-order valence-electron chi connectivity index (χ4n) is 2.77. The van der Waals surface area contributed by atoms with Crippen molar-refractivity contribution in [2.45, 2.75) is 6.42 Å². The van der Waals surface area contributed by atoms with Crippen molar-refractivity contribution in [1.82, 2.24) is 15.2 Å². The van der Waals surface area contributed by atoms with Crippen LogP contribution in [0.5, 0.6) is 0 Å². The number of nitrogens with one attached hydrogen (secondary N) is 1. The third-order valence-electron chi connectivity index (χ3n) is 4.11. The highest BCUT2D eigenvalue weighted by Gasteiger charge is 2.14. The van der Waals surface area contributed by atoms with Crippen molar-refractivity contribution >= 4 is 23.1 Å². The Labute approximate surface area is 147 Å². The summed E-state index contributed by atoms with van der Waals surface area (Å²) in [4.78, 5) is 18.0. The normalized spacial score (nSPS) is 14.2. The molecule has 1 N–H and O–H groups in total. The van der Waals surface area contributed by atoms with E-state index in [1.165, 1.54) is 10.5 Å². The predicted octanol–water partition coefficient (Wildman–Crippen LogP) is 3.48. The number of nitrogens with zero attached hydrogens (tertiary/aromatic N) is 2. The van der Waals surface area contributed by atoms with E-state index in [0.29, 0.717) is 10.6 Å². The van der Waals surface area contributed by atoms with Gasteiger partial charge in [0.25, 0.3) is 5.91 Å². The molecule has 2 aromatic rings. The molecular formula is C19H20ClN3O. The van der Waals surface area contributed by atoms with E-state index in [0.717, 1.165) is 36.2 Å². The van der Waals surface area contributed by atoms with Gasteiger partial charge >= 0.3 is 0 Å². The van der Waals surface area contributed by atoms with Crippen molar-refractivity contribution in [3.05, 3.63) is 58.9 Å². The smallest absolute Gasteiger partial charge is 0.254 e. The van der Waals surface area contributed by atoms with E-state index in [9.17, 15) is 4.79 Å². The van der Waals surface area contributed by atoms with Crippen LogP contribution in [0.15, 0.2) is 42.7 Å². The molecule has 1 aliphatic heterocycles. The first-order valence-electron chi connectivity index (χ1n) is 7.93. The van der Waals surface area contributed by atoms with Gasteiger partial charge in [0, 0.05) is 38.6 Å². The third-order valence-corrected chi connectivity index (χ3v) is 4.42. The summed E-state index contributed by atoms with van der Waals surface area (Å²) < 4.78 is 0. The van der Waals surface area contributed by atoms with Crippen LogP contribution in [0, 0.1) is 0 Å². The zero-order chi connectivity index (χ0) is 17.1. The number of benzene rings is 1. The summed E-state index contributed by atoms with van der Waals surface area (Å²) in [6.45, 7) is 1.88. The summed E-state index contributed by atoms with van der Waals surface area (Å²) in [5.41, 5.74) is 4.92. The van der Waals surface area contributed by atoms with Gasteiger partial charge in [-0.3, -0.25) is 9.78 Å². The average molecular weight is 342 g/mol. The van der Waals surface area contributed by atoms with Gasteiger partial charge in [-0.25, -0.2) is 0 Å². The summed E-state index contributed by atoms with van der Waals surface area (Å²) in [6, 6.07) is 7.65. The minimum atomic E-state index is -0.0988. The van der Waals surface area contributed by atoms with Gasteiger partial charge in [-0.1, -0.05) is 23.7 Å². The van der Waals surface area contributed by atoms with Gasteiger partial charge in [-0.2, -0.15) is 0 Å². The van der Waals surface area contributed by atoms with Crippen molar-refractivity contribution in [3.8, 4) is 11.1 Å². The van der Waals surface area contributed by atoms with Crippen LogP contribution < -0.4 is 5.32 Å². The summed E-state index contributed by atoms with van der Waals surface area (Å²) in [6.07, 6.45) is 6.93. The molecule has 4 nitrogen and oxygen atoms in total. The first kappa shape index (κ1) is 16.7. The molecule has 0 radical (unpaired) electrons. The van der Waals surface area contributed by atoms with Crippen LogP contribution in [0.25, 0.3) is 16.7 Å². The Kier molecular flexibility index (Phi) is 4.97. The summed E-state index contributed by atoms with van der Waals surface area (Å²) >= 11 is 6.32. The van der Waals surface area contributed by atoms with Crippen LogP contribution in [0.2, 0.25) is 5.02 Å². The first-order chi connectivity index (χ1) is 11.6. The molecule has 3 rings (SSSR count). The Morgan fingerprint density at radius 3 is 2.62 bits per heavy atom. The highest BCUT2D eigenvalue weighted by atomic mass is 35.5. The molecule has 124 valence electrons. The van der Waals surface area contributed by atoms with E-state index in [1.807, 2.05) is 24.5 Å². The second kappa shape index (κ2) is 7.16. The minimum Gasteiger partial charge on any atom is -0.345 e. The largest absolute Gasteiger partial charge is 0.345 e. The molecule has 0 fully saturated rings. The third kappa shape index (κ3) is 3.50. The van der Waals surface area contributed by atoms with Gasteiger partial charge in [0.05, 0.1) is 10.6 Å². The van der Waals surface area contributed by atoms with Gasteiger partial charge in [0.1, 0.15) is 0 Å². The molecule has 0 bridgehead atoms. The molecular weight excluding hydrogens is 322 g/mol. The number of hydrogen-bond acceptors (Lipinski definition) is 3. The number of aromatic nitrogens is 1. The van der Waals surface area contributed by atoms with Gasteiger partial charge in [-0.15, -0.1) is 0 Å². The summed E-state index contributed by atoms with van der Waals surface area (Å²) in [5.74, 6) is -0.0988. The second-order valence-electron chi connectivity index (χ2n) is 6.04. The predicted molar refractivity (Wildman–Crippen MR) is 98.2 cm³/mol. The van der Waals surface area contributed by atoms with Crippen LogP contribution in [0.4, 0.5) is 0 Å². The number of carbonyl (C=O) groups excluding carboxylic acids is 1. The lowest BCUT2D eigenvalue weighted by Crippen LogP contribution is -2.21. The average Bonchev–Trinajstić information content (AvgIpc) is 2.62. The van der Waals surface area contributed by atoms with Gasteiger partial charge < -0.3 is 10.2 Å². The first-order valence-corrected chi connectivity index (χ1v) is 8.31. The highest BCUT2D eigenvalue weighted by Crippen LogP contribution is 2.28. The van der Waals surface area contributed by atoms with Crippen molar-refractivity contribution in [1.29, 1.82) is 0 Å². The second-order valence-corrected chi connectivity index (χ2v) is 6.45. The molecule has 1 aromatic heterocycles. The Morgan fingerprint density at radius 1 is 1.17 bits per heavy atom. The molecule has 5 heteroatoms. The quantitative estimate of drug-likeness (QED) is 0.929. The van der Waals surface area contributed by atoms with Crippen molar-refractivity contribution in [3.63, 3.8) is 0 Å². The van der Waals surface area contributed by atoms with Crippen molar-refractivity contribution < 1.29 is 4.79 Å². The molecule has 0 saturated carbocycles. The lowest BCUT2D eigenvalue weighted by molar-refractivity contribution is 0.0828. The molecule has 1 aromatic carbocycles. The van der Waals surface area contributed by atoms with Crippen LogP contribution in [-0.4, -0.2) is 43.0 Å². The number of amides is 1. The molecule has 0 spiro atoms. The lowest BCUT2D eigenvalue weighted by atomic mass is 9.98. The van der Waals surface area contributed by atoms with Gasteiger partial charge in [0.2, 0.25) is 0 Å². The molecule has 24 heavy (non-hydrogen) atoms. The lowest BCUT2D eigenvalue weighted by Gasteiger charge is -2.15. The van der Waals surface area contributed by atoms with E-state index < -0.39 is 0 Å². The Bertz CT molecular complexity index is 799. The number of rotatable bonds is 3. The fourth-order valence-corrected chi connectivity index (χ4v) is 3.03. The van der Waals surface area contributed by atoms with Crippen LogP contribution in [0.1, 0.15) is 22.3 Å². The Morgan fingerprint density at radius 2 is 1.96 bits per heavy atom. The molecule has 0 saturated heterocycles. The van der Waals surface area contributed by atoms with Crippen molar-refractivity contribution in [2.24, 2.45) is 0 Å². The van der Waals surface area contributed by atoms with E-state index in [2.05, 4.69) is 22.4 Å². The van der Waals surface area contributed by atoms with E-state index in [1.54, 1.807) is 20.2 Å². The van der Waals surface area contributed by atoms with E-state index in [4.69, 9.17) is 11.6 Å². The maximum absolute atomic E-state index is 12.1. The summed E-state index contributed by atoms with van der Waals surface area (Å²) in [5, 5.41) is 3.77. The van der Waals surface area contributed by atoms with Gasteiger partial charge in [0.15, 0.2) is 0 Å². The number of pyridine rings is 1. The maximum Gasteiger partial charge on any atom is 0.254 e. The molecule has 0 aliphatic carbocycles. The van der Waals surface area contributed by atoms with Crippen molar-refractivity contribution in [2.75, 3.05) is 27.2 Å². The van der Waals surface area contributed by atoms with Crippen LogP contribution in [0.3, 0.4) is 0 Å². The molecule has 2 heterocycles. The monoisotopic (exact) mass is 341 g/mol. The van der Waals surface area contributed by atoms with E-state index >= 15 is 0 Å². The maximum atomic E-state index is 12.1. The zero-order valence-corrected chi connectivity index (χ0v) is 14.6. The van der Waals surface area contributed by atoms with Crippen LogP contribution >= 0.6 is 11.6 Å². The molecule has 1 amide bonds. The van der Waals surface area contributed by atoms with Gasteiger partial charge in [-0.05, 0) is 47.9 Å². The standard InChI is InChI=1S/C19H20ClN3O/c1-23(2)19(24)17-4-3-14(10-18(17)20)16-9-15(11-22-12-16)13-5-7-21-8-6-13/h3-5,9-12,21H,6-8H2,1-2H3. The fraction of sp³-hybridized carbons (Fsp3) is 0.263. The summed E-state index contributed by atoms with van der Waals surface area (Å²) in [7, 11) is 3.43. The highest BCUT2D eigenvalue weighted by molar-refractivity contribution is 6.34. The number of hydrogen-bond donors (Lipinski definition) is 1. The molecule has 0 unspecified atom stereocenters. The molecule has 1 aliphatic rings. The number of halogens is 1. The Hall–Kier alpha value is -2.17. The topological polar surface area (TPSA) is 45.2 Å². The SMILES string of the molecule is CN(C)C(=O)c1ccc(-c2cncc(C3=CCNCC3)c2)cc1Cl. The minimum absolute atomic E-state index is 0.0988.